The maximum Gasteiger partial charge on any atom is 0.289 e. The summed E-state index contributed by atoms with van der Waals surface area (Å²) in [6.07, 6.45) is 4.80. The van der Waals surface area contributed by atoms with Crippen LogP contribution in [-0.2, 0) is 19.5 Å². The summed E-state index contributed by atoms with van der Waals surface area (Å²) in [6.45, 7) is 4.00. The molecule has 0 saturated carbocycles. The molecule has 1 N–H and O–H groups in total. The van der Waals surface area contributed by atoms with Crippen molar-refractivity contribution in [2.75, 3.05) is 13.6 Å². The predicted octanol–water partition coefficient (Wildman–Crippen LogP) is 3.02. The number of nitrogens with zero attached hydrogens (tertiary/aromatic N) is 3. The van der Waals surface area contributed by atoms with Crippen LogP contribution in [0.4, 0.5) is 0 Å². The molecule has 144 valence electrons. The first-order valence-electron chi connectivity index (χ1n) is 9.78. The first kappa shape index (κ1) is 19.1. The Morgan fingerprint density at radius 3 is 2.74 bits per heavy atom. The average Bonchev–Trinajstić information content (AvgIpc) is 3.10. The van der Waals surface area contributed by atoms with Crippen LogP contribution in [0.25, 0.3) is 0 Å². The van der Waals surface area contributed by atoms with Gasteiger partial charge in [-0.1, -0.05) is 43.7 Å². The monoisotopic (exact) mass is 368 g/mol. The predicted molar refractivity (Wildman–Crippen MR) is 105 cm³/mol. The van der Waals surface area contributed by atoms with Crippen LogP contribution in [0.1, 0.15) is 65.0 Å². The molecular weight excluding hydrogens is 340 g/mol. The summed E-state index contributed by atoms with van der Waals surface area (Å²) in [5, 5.41) is 2.94. The number of unbranched alkanes of at least 4 members (excludes halogenated alkanes) is 1. The van der Waals surface area contributed by atoms with Gasteiger partial charge >= 0.3 is 0 Å². The minimum atomic E-state index is -0.209. The van der Waals surface area contributed by atoms with Crippen LogP contribution < -0.4 is 5.32 Å². The highest BCUT2D eigenvalue weighted by Crippen LogP contribution is 2.22. The molecule has 0 radical (unpaired) electrons. The number of hydrogen-bond acceptors (Lipinski definition) is 3. The van der Waals surface area contributed by atoms with E-state index in [1.54, 1.807) is 11.9 Å². The molecule has 0 fully saturated rings. The van der Waals surface area contributed by atoms with Gasteiger partial charge in [-0.15, -0.1) is 0 Å². The van der Waals surface area contributed by atoms with Gasteiger partial charge in [0, 0.05) is 26.7 Å². The lowest BCUT2D eigenvalue weighted by Crippen LogP contribution is -2.31. The van der Waals surface area contributed by atoms with Crippen LogP contribution in [0, 0.1) is 0 Å². The van der Waals surface area contributed by atoms with Crippen molar-refractivity contribution in [3.8, 4) is 0 Å². The Bertz CT molecular complexity index is 798. The highest BCUT2D eigenvalue weighted by atomic mass is 16.2. The van der Waals surface area contributed by atoms with Gasteiger partial charge in [-0.2, -0.15) is 0 Å². The molecule has 2 aromatic rings. The maximum atomic E-state index is 12.8. The van der Waals surface area contributed by atoms with Crippen LogP contribution in [-0.4, -0.2) is 39.9 Å². The molecule has 0 unspecified atom stereocenters. The van der Waals surface area contributed by atoms with Gasteiger partial charge < -0.3 is 14.8 Å². The third kappa shape index (κ3) is 4.38. The molecule has 0 saturated heterocycles. The van der Waals surface area contributed by atoms with Gasteiger partial charge in [0.15, 0.2) is 5.82 Å². The molecule has 6 heteroatoms. The molecule has 6 nitrogen and oxygen atoms in total. The third-order valence-electron chi connectivity index (χ3n) is 5.01. The van der Waals surface area contributed by atoms with Crippen LogP contribution in [0.15, 0.2) is 30.3 Å². The minimum Gasteiger partial charge on any atom is -0.347 e. The number of carbonyl (C=O) groups is 2. The van der Waals surface area contributed by atoms with E-state index in [-0.39, 0.29) is 11.8 Å². The second-order valence-corrected chi connectivity index (χ2v) is 7.09. The Morgan fingerprint density at radius 2 is 2.00 bits per heavy atom. The van der Waals surface area contributed by atoms with Gasteiger partial charge in [0.25, 0.3) is 11.8 Å². The van der Waals surface area contributed by atoms with E-state index in [0.717, 1.165) is 49.9 Å². The Labute approximate surface area is 160 Å². The summed E-state index contributed by atoms with van der Waals surface area (Å²) in [5.74, 6) is 0.0848. The van der Waals surface area contributed by atoms with E-state index in [1.807, 2.05) is 34.9 Å². The number of imidazole rings is 1. The van der Waals surface area contributed by atoms with Crippen molar-refractivity contribution in [3.63, 3.8) is 0 Å². The summed E-state index contributed by atoms with van der Waals surface area (Å²) in [5.41, 5.74) is 2.33. The molecule has 0 spiro atoms. The summed E-state index contributed by atoms with van der Waals surface area (Å²) >= 11 is 0. The number of carbonyl (C=O) groups excluding carboxylic acids is 2. The second-order valence-electron chi connectivity index (χ2n) is 7.09. The molecule has 0 bridgehead atoms. The van der Waals surface area contributed by atoms with E-state index < -0.39 is 0 Å². The van der Waals surface area contributed by atoms with E-state index in [9.17, 15) is 9.59 Å². The van der Waals surface area contributed by atoms with Gasteiger partial charge in [0.05, 0.1) is 5.69 Å². The van der Waals surface area contributed by atoms with Crippen molar-refractivity contribution in [1.82, 2.24) is 19.8 Å². The van der Waals surface area contributed by atoms with Crippen LogP contribution in [0.3, 0.4) is 0 Å². The molecule has 0 aliphatic carbocycles. The number of fused-ring (bicyclic) bond motifs is 1. The number of nitrogens with one attached hydrogen (secondary N) is 1. The molecule has 2 heterocycles. The van der Waals surface area contributed by atoms with Gasteiger partial charge in [-0.05, 0) is 31.2 Å². The smallest absolute Gasteiger partial charge is 0.289 e. The van der Waals surface area contributed by atoms with Gasteiger partial charge in [0.2, 0.25) is 0 Å². The molecule has 1 aliphatic heterocycles. The first-order chi connectivity index (χ1) is 13.1. The lowest BCUT2D eigenvalue weighted by atomic mass is 10.1. The van der Waals surface area contributed by atoms with Crippen molar-refractivity contribution < 1.29 is 9.59 Å². The highest BCUT2D eigenvalue weighted by molar-refractivity contribution is 5.97. The Balaban J connectivity index is 1.80. The van der Waals surface area contributed by atoms with Crippen LogP contribution in [0.2, 0.25) is 0 Å². The van der Waals surface area contributed by atoms with Gasteiger partial charge in [-0.25, -0.2) is 4.98 Å². The Morgan fingerprint density at radius 1 is 1.22 bits per heavy atom. The van der Waals surface area contributed by atoms with E-state index in [1.165, 1.54) is 0 Å². The quantitative estimate of drug-likeness (QED) is 0.817. The minimum absolute atomic E-state index is 0.103. The molecule has 2 amide bonds. The van der Waals surface area contributed by atoms with E-state index in [0.29, 0.717) is 24.6 Å². The summed E-state index contributed by atoms with van der Waals surface area (Å²) in [6, 6.07) is 9.79. The second kappa shape index (κ2) is 8.84. The lowest BCUT2D eigenvalue weighted by molar-refractivity contribution is 0.0775. The summed E-state index contributed by atoms with van der Waals surface area (Å²) < 4.78 is 1.95. The van der Waals surface area contributed by atoms with Crippen molar-refractivity contribution in [1.29, 1.82) is 0 Å². The number of rotatable bonds is 7. The molecule has 3 rings (SSSR count). The number of aromatic nitrogens is 2. The third-order valence-corrected chi connectivity index (χ3v) is 5.01. The van der Waals surface area contributed by atoms with Gasteiger partial charge in [-0.3, -0.25) is 9.59 Å². The fourth-order valence-electron chi connectivity index (χ4n) is 3.42. The van der Waals surface area contributed by atoms with Crippen molar-refractivity contribution >= 4 is 11.8 Å². The number of amides is 2. The van der Waals surface area contributed by atoms with Crippen LogP contribution in [0.5, 0.6) is 0 Å². The summed E-state index contributed by atoms with van der Waals surface area (Å²) in [4.78, 5) is 31.8. The van der Waals surface area contributed by atoms with E-state index in [2.05, 4.69) is 17.2 Å². The van der Waals surface area contributed by atoms with E-state index >= 15 is 0 Å². The van der Waals surface area contributed by atoms with Crippen molar-refractivity contribution in [2.45, 2.75) is 52.1 Å². The number of hydrogen-bond donors (Lipinski definition) is 1. The van der Waals surface area contributed by atoms with Crippen LogP contribution >= 0.6 is 0 Å². The largest absolute Gasteiger partial charge is 0.347 e. The Kier molecular flexibility index (Phi) is 6.27. The number of benzene rings is 1. The Hall–Kier alpha value is -2.63. The summed E-state index contributed by atoms with van der Waals surface area (Å²) in [7, 11) is 1.80. The van der Waals surface area contributed by atoms with Gasteiger partial charge in [0.1, 0.15) is 5.69 Å². The molecule has 1 aromatic carbocycles. The molecule has 1 aliphatic rings. The molecular formula is C21H28N4O2. The zero-order valence-corrected chi connectivity index (χ0v) is 16.2. The highest BCUT2D eigenvalue weighted by Gasteiger charge is 2.28. The standard InChI is InChI=1S/C21H28N4O2/c1-3-4-13-24(2)21(27)19-23-18(17-12-8-9-14-25(17)19)20(26)22-15-16-10-6-5-7-11-16/h5-7,10-11H,3-4,8-9,12-15H2,1-2H3,(H,22,26). The molecule has 0 atom stereocenters. The molecule has 27 heavy (non-hydrogen) atoms. The average molecular weight is 368 g/mol. The fraction of sp³-hybridized carbons (Fsp3) is 0.476. The van der Waals surface area contributed by atoms with Crippen molar-refractivity contribution in [2.24, 2.45) is 0 Å². The van der Waals surface area contributed by atoms with E-state index in [4.69, 9.17) is 0 Å². The normalized spacial score (nSPS) is 13.1. The first-order valence-corrected chi connectivity index (χ1v) is 9.78. The van der Waals surface area contributed by atoms with Crippen molar-refractivity contribution in [3.05, 3.63) is 53.1 Å². The zero-order chi connectivity index (χ0) is 19.2. The fourth-order valence-corrected chi connectivity index (χ4v) is 3.42. The SMILES string of the molecule is CCCCN(C)C(=O)c1nc(C(=O)NCc2ccccc2)c2n1CCCC2. The maximum absolute atomic E-state index is 12.8. The lowest BCUT2D eigenvalue weighted by Gasteiger charge is -2.20. The zero-order valence-electron chi connectivity index (χ0n) is 16.2. The topological polar surface area (TPSA) is 67.2 Å². The molecule has 1 aromatic heterocycles.